The van der Waals surface area contributed by atoms with Crippen molar-refractivity contribution in [2.75, 3.05) is 18.4 Å². The summed E-state index contributed by atoms with van der Waals surface area (Å²) in [5.74, 6) is -2.27. The SMILES string of the molecule is Cc1cc(NC(=O)N2CCC(C(=O)c3ccc(C(F)(F)F)cc3F)CC2)ccn1. The van der Waals surface area contributed by atoms with Crippen LogP contribution in [0.1, 0.15) is 34.5 Å². The monoisotopic (exact) mass is 409 g/mol. The summed E-state index contributed by atoms with van der Waals surface area (Å²) < 4.78 is 52.0. The van der Waals surface area contributed by atoms with E-state index in [0.29, 0.717) is 30.7 Å². The van der Waals surface area contributed by atoms with Gasteiger partial charge in [0.25, 0.3) is 0 Å². The highest BCUT2D eigenvalue weighted by molar-refractivity contribution is 5.98. The lowest BCUT2D eigenvalue weighted by Crippen LogP contribution is -2.42. The Morgan fingerprint density at radius 2 is 1.83 bits per heavy atom. The van der Waals surface area contributed by atoms with E-state index in [2.05, 4.69) is 10.3 Å². The number of rotatable bonds is 3. The number of hydrogen-bond donors (Lipinski definition) is 1. The molecule has 154 valence electrons. The van der Waals surface area contributed by atoms with Gasteiger partial charge in [-0.2, -0.15) is 13.2 Å². The minimum Gasteiger partial charge on any atom is -0.324 e. The largest absolute Gasteiger partial charge is 0.416 e. The number of anilines is 1. The van der Waals surface area contributed by atoms with Crippen LogP contribution in [0.25, 0.3) is 0 Å². The van der Waals surface area contributed by atoms with Gasteiger partial charge in [-0.1, -0.05) is 0 Å². The summed E-state index contributed by atoms with van der Waals surface area (Å²) >= 11 is 0. The van der Waals surface area contributed by atoms with Crippen LogP contribution in [0.3, 0.4) is 0 Å². The fraction of sp³-hybridized carbons (Fsp3) is 0.350. The van der Waals surface area contributed by atoms with Crippen LogP contribution in [0.15, 0.2) is 36.5 Å². The highest BCUT2D eigenvalue weighted by Crippen LogP contribution is 2.31. The van der Waals surface area contributed by atoms with E-state index in [0.717, 1.165) is 11.8 Å². The maximum absolute atomic E-state index is 14.1. The Labute approximate surface area is 164 Å². The van der Waals surface area contributed by atoms with Crippen LogP contribution in [0.2, 0.25) is 0 Å². The molecule has 2 amide bonds. The van der Waals surface area contributed by atoms with Gasteiger partial charge in [-0.3, -0.25) is 9.78 Å². The van der Waals surface area contributed by atoms with Crippen LogP contribution in [-0.4, -0.2) is 34.8 Å². The molecule has 2 aromatic rings. The van der Waals surface area contributed by atoms with Crippen molar-refractivity contribution in [3.8, 4) is 0 Å². The molecular weight excluding hydrogens is 390 g/mol. The number of urea groups is 1. The smallest absolute Gasteiger partial charge is 0.324 e. The first-order chi connectivity index (χ1) is 13.6. The number of alkyl halides is 3. The molecule has 1 aromatic carbocycles. The third kappa shape index (κ3) is 4.90. The number of benzene rings is 1. The molecule has 0 saturated carbocycles. The molecule has 0 bridgehead atoms. The number of likely N-dealkylation sites (tertiary alicyclic amines) is 1. The summed E-state index contributed by atoms with van der Waals surface area (Å²) in [6.07, 6.45) is -2.48. The number of piperidine rings is 1. The van der Waals surface area contributed by atoms with Gasteiger partial charge in [-0.05, 0) is 50.1 Å². The summed E-state index contributed by atoms with van der Waals surface area (Å²) in [4.78, 5) is 30.5. The molecule has 1 aliphatic rings. The van der Waals surface area contributed by atoms with Gasteiger partial charge >= 0.3 is 12.2 Å². The molecule has 3 rings (SSSR count). The summed E-state index contributed by atoms with van der Waals surface area (Å²) in [5.41, 5.74) is -0.129. The first-order valence-electron chi connectivity index (χ1n) is 9.04. The first-order valence-corrected chi connectivity index (χ1v) is 9.04. The molecule has 1 aliphatic heterocycles. The number of nitrogens with one attached hydrogen (secondary N) is 1. The van der Waals surface area contributed by atoms with Crippen LogP contribution < -0.4 is 5.32 Å². The Hall–Kier alpha value is -2.97. The number of halogens is 4. The van der Waals surface area contributed by atoms with Gasteiger partial charge in [0.1, 0.15) is 5.82 Å². The van der Waals surface area contributed by atoms with Crippen molar-refractivity contribution in [3.63, 3.8) is 0 Å². The van der Waals surface area contributed by atoms with Crippen LogP contribution >= 0.6 is 0 Å². The molecule has 0 unspecified atom stereocenters. The molecule has 2 heterocycles. The van der Waals surface area contributed by atoms with Crippen molar-refractivity contribution in [2.45, 2.75) is 25.9 Å². The van der Waals surface area contributed by atoms with E-state index < -0.39 is 29.3 Å². The number of Topliss-reactive ketones (excluding diaryl/α,β-unsaturated/α-hetero) is 1. The molecule has 0 radical (unpaired) electrons. The minimum absolute atomic E-state index is 0.286. The topological polar surface area (TPSA) is 62.3 Å². The summed E-state index contributed by atoms with van der Waals surface area (Å²) in [6, 6.07) is 4.99. The molecule has 5 nitrogen and oxygen atoms in total. The quantitative estimate of drug-likeness (QED) is 0.592. The molecule has 1 N–H and O–H groups in total. The molecular formula is C20H19F4N3O2. The molecule has 9 heteroatoms. The van der Waals surface area contributed by atoms with Crippen molar-refractivity contribution in [3.05, 3.63) is 59.2 Å². The number of amides is 2. The Bertz CT molecular complexity index is 922. The van der Waals surface area contributed by atoms with Crippen LogP contribution in [0, 0.1) is 18.7 Å². The van der Waals surface area contributed by atoms with E-state index >= 15 is 0 Å². The highest BCUT2D eigenvalue weighted by Gasteiger charge is 2.33. The van der Waals surface area contributed by atoms with Gasteiger partial charge in [-0.25, -0.2) is 9.18 Å². The third-order valence-corrected chi connectivity index (χ3v) is 4.86. The number of carbonyl (C=O) groups is 2. The normalized spacial score (nSPS) is 15.3. The van der Waals surface area contributed by atoms with Crippen molar-refractivity contribution >= 4 is 17.5 Å². The number of ketones is 1. The van der Waals surface area contributed by atoms with E-state index in [-0.39, 0.29) is 24.7 Å². The average molecular weight is 409 g/mol. The average Bonchev–Trinajstić information content (AvgIpc) is 2.67. The maximum Gasteiger partial charge on any atom is 0.416 e. The third-order valence-electron chi connectivity index (χ3n) is 4.86. The van der Waals surface area contributed by atoms with E-state index in [9.17, 15) is 27.2 Å². The van der Waals surface area contributed by atoms with Gasteiger partial charge in [0, 0.05) is 36.6 Å². The lowest BCUT2D eigenvalue weighted by atomic mass is 9.88. The molecule has 29 heavy (non-hydrogen) atoms. The fourth-order valence-corrected chi connectivity index (χ4v) is 3.28. The van der Waals surface area contributed by atoms with Gasteiger partial charge in [0.2, 0.25) is 0 Å². The van der Waals surface area contributed by atoms with Crippen LogP contribution in [-0.2, 0) is 6.18 Å². The van der Waals surface area contributed by atoms with Crippen molar-refractivity contribution in [2.24, 2.45) is 5.92 Å². The fourth-order valence-electron chi connectivity index (χ4n) is 3.28. The Morgan fingerprint density at radius 3 is 2.41 bits per heavy atom. The Balaban J connectivity index is 1.60. The lowest BCUT2D eigenvalue weighted by molar-refractivity contribution is -0.137. The highest BCUT2D eigenvalue weighted by atomic mass is 19.4. The lowest BCUT2D eigenvalue weighted by Gasteiger charge is -2.31. The predicted octanol–water partition coefficient (Wildman–Crippen LogP) is 4.67. The van der Waals surface area contributed by atoms with Crippen molar-refractivity contribution in [1.29, 1.82) is 0 Å². The second kappa shape index (κ2) is 8.18. The second-order valence-corrected chi connectivity index (χ2v) is 6.93. The zero-order valence-electron chi connectivity index (χ0n) is 15.6. The van der Waals surface area contributed by atoms with Crippen LogP contribution in [0.4, 0.5) is 28.0 Å². The number of carbonyl (C=O) groups excluding carboxylic acids is 2. The maximum atomic E-state index is 14.1. The number of pyridine rings is 1. The molecule has 1 saturated heterocycles. The Kier molecular flexibility index (Phi) is 5.86. The molecule has 0 atom stereocenters. The number of hydrogen-bond acceptors (Lipinski definition) is 3. The second-order valence-electron chi connectivity index (χ2n) is 6.93. The van der Waals surface area contributed by atoms with E-state index in [1.54, 1.807) is 30.2 Å². The van der Waals surface area contributed by atoms with Crippen molar-refractivity contribution < 1.29 is 27.2 Å². The Morgan fingerprint density at radius 1 is 1.14 bits per heavy atom. The van der Waals surface area contributed by atoms with E-state index in [4.69, 9.17) is 0 Å². The van der Waals surface area contributed by atoms with Gasteiger partial charge in [0.05, 0.1) is 11.1 Å². The number of aryl methyl sites for hydroxylation is 1. The summed E-state index contributed by atoms with van der Waals surface area (Å²) in [6.45, 7) is 2.37. The molecule has 1 fully saturated rings. The molecule has 0 spiro atoms. The number of nitrogens with zero attached hydrogens (tertiary/aromatic N) is 2. The molecule has 0 aliphatic carbocycles. The first kappa shape index (κ1) is 20.8. The minimum atomic E-state index is -4.67. The summed E-state index contributed by atoms with van der Waals surface area (Å²) in [7, 11) is 0. The zero-order chi connectivity index (χ0) is 21.2. The predicted molar refractivity (Wildman–Crippen MR) is 98.0 cm³/mol. The van der Waals surface area contributed by atoms with Gasteiger partial charge < -0.3 is 10.2 Å². The molecule has 1 aromatic heterocycles. The van der Waals surface area contributed by atoms with E-state index in [1.807, 2.05) is 0 Å². The van der Waals surface area contributed by atoms with Crippen LogP contribution in [0.5, 0.6) is 0 Å². The standard InChI is InChI=1S/C20H19F4N3O2/c1-12-10-15(4-7-25-12)26-19(29)27-8-5-13(6-9-27)18(28)16-3-2-14(11-17(16)21)20(22,23)24/h2-4,7,10-11,13H,5-6,8-9H2,1H3,(H,25,26,29). The van der Waals surface area contributed by atoms with Crippen molar-refractivity contribution in [1.82, 2.24) is 9.88 Å². The number of aromatic nitrogens is 1. The zero-order valence-corrected chi connectivity index (χ0v) is 15.6. The summed E-state index contributed by atoms with van der Waals surface area (Å²) in [5, 5.41) is 2.75. The van der Waals surface area contributed by atoms with Gasteiger partial charge in [-0.15, -0.1) is 0 Å². The van der Waals surface area contributed by atoms with Gasteiger partial charge in [0.15, 0.2) is 5.78 Å². The van der Waals surface area contributed by atoms with E-state index in [1.165, 1.54) is 0 Å².